The van der Waals surface area contributed by atoms with Gasteiger partial charge in [0.1, 0.15) is 29.9 Å². The Kier molecular flexibility index (Phi) is 5.74. The number of H-pyrrole nitrogens is 1. The van der Waals surface area contributed by atoms with Gasteiger partial charge in [-0.2, -0.15) is 0 Å². The summed E-state index contributed by atoms with van der Waals surface area (Å²) >= 11 is 0. The molecule has 2 heterocycles. The molecule has 1 aliphatic carbocycles. The normalized spacial score (nSPS) is 15.1. The summed E-state index contributed by atoms with van der Waals surface area (Å²) in [7, 11) is 3.67. The monoisotopic (exact) mass is 395 g/mol. The first-order chi connectivity index (χ1) is 14.0. The van der Waals surface area contributed by atoms with Crippen LogP contribution in [0.15, 0.2) is 36.5 Å². The fourth-order valence-electron chi connectivity index (χ4n) is 3.75. The molecule has 2 N–H and O–H groups in total. The van der Waals surface area contributed by atoms with Crippen LogP contribution in [0, 0.1) is 6.92 Å². The maximum atomic E-state index is 10.4. The summed E-state index contributed by atoms with van der Waals surface area (Å²) in [5, 5.41) is 11.6. The molecular weight excluding hydrogens is 366 g/mol. The third-order valence-electron chi connectivity index (χ3n) is 5.37. The number of rotatable bonds is 9. The highest BCUT2D eigenvalue weighted by atomic mass is 16.5. The van der Waals surface area contributed by atoms with E-state index in [2.05, 4.69) is 27.9 Å². The molecule has 1 atom stereocenters. The molecule has 0 amide bonds. The molecule has 6 nitrogen and oxygen atoms in total. The minimum atomic E-state index is -0.573. The molecule has 0 aliphatic heterocycles. The van der Waals surface area contributed by atoms with Crippen LogP contribution in [-0.2, 0) is 6.54 Å². The van der Waals surface area contributed by atoms with Crippen molar-refractivity contribution >= 4 is 11.0 Å². The predicted octanol–water partition coefficient (Wildman–Crippen LogP) is 3.63. The number of pyridine rings is 1. The fourth-order valence-corrected chi connectivity index (χ4v) is 3.75. The van der Waals surface area contributed by atoms with E-state index in [0.29, 0.717) is 12.5 Å². The molecule has 2 aromatic heterocycles. The van der Waals surface area contributed by atoms with Crippen LogP contribution in [0.3, 0.4) is 0 Å². The lowest BCUT2D eigenvalue weighted by atomic mass is 10.1. The Bertz CT molecular complexity index is 963. The minimum absolute atomic E-state index is 0.251. The molecule has 3 aromatic rings. The zero-order valence-electron chi connectivity index (χ0n) is 17.3. The number of aliphatic hydroxyl groups excluding tert-OH is 1. The number of aliphatic hydroxyl groups is 1. The van der Waals surface area contributed by atoms with Crippen LogP contribution < -0.4 is 9.47 Å². The number of aromatic amines is 1. The molecule has 1 saturated carbocycles. The first kappa shape index (κ1) is 19.7. The van der Waals surface area contributed by atoms with Gasteiger partial charge in [0.2, 0.25) is 0 Å². The maximum Gasteiger partial charge on any atom is 0.137 e. The average Bonchev–Trinajstić information content (AvgIpc) is 3.50. The molecule has 0 saturated heterocycles. The molecule has 4 rings (SSSR count). The van der Waals surface area contributed by atoms with E-state index >= 15 is 0 Å². The van der Waals surface area contributed by atoms with Gasteiger partial charge in [0.15, 0.2) is 0 Å². The summed E-state index contributed by atoms with van der Waals surface area (Å²) in [6.45, 7) is 3.63. The highest BCUT2D eigenvalue weighted by molar-refractivity contribution is 5.82. The second-order valence-corrected chi connectivity index (χ2v) is 8.04. The van der Waals surface area contributed by atoms with Gasteiger partial charge >= 0.3 is 0 Å². The first-order valence-electron chi connectivity index (χ1n) is 10.1. The van der Waals surface area contributed by atoms with Crippen LogP contribution in [0.2, 0.25) is 0 Å². The van der Waals surface area contributed by atoms with Crippen molar-refractivity contribution < 1.29 is 14.6 Å². The van der Waals surface area contributed by atoms with Crippen LogP contribution in [0.25, 0.3) is 11.0 Å². The number of hydrogen-bond donors (Lipinski definition) is 2. The average molecular weight is 396 g/mol. The van der Waals surface area contributed by atoms with Crippen LogP contribution in [0.1, 0.15) is 35.6 Å². The van der Waals surface area contributed by atoms with E-state index < -0.39 is 6.10 Å². The van der Waals surface area contributed by atoms with Gasteiger partial charge in [-0.05, 0) is 74.2 Å². The lowest BCUT2D eigenvalue weighted by Gasteiger charge is -2.21. The second-order valence-electron chi connectivity index (χ2n) is 8.04. The number of aryl methyl sites for hydroxylation is 1. The molecule has 1 unspecified atom stereocenters. The van der Waals surface area contributed by atoms with E-state index in [1.165, 1.54) is 29.5 Å². The van der Waals surface area contributed by atoms with Crippen LogP contribution in [-0.4, -0.2) is 53.4 Å². The largest absolute Gasteiger partial charge is 0.497 e. The van der Waals surface area contributed by atoms with E-state index in [-0.39, 0.29) is 6.61 Å². The SMILES string of the molecule is COc1ccc(OCC(O)CN(C)Cc2c(C3CC3)[nH]c3ncc(C)cc23)cc1. The molecule has 1 aliphatic rings. The lowest BCUT2D eigenvalue weighted by Crippen LogP contribution is -2.33. The van der Waals surface area contributed by atoms with Crippen LogP contribution in [0.5, 0.6) is 11.5 Å². The third kappa shape index (κ3) is 4.71. The van der Waals surface area contributed by atoms with Crippen molar-refractivity contribution in [3.8, 4) is 11.5 Å². The molecule has 0 spiro atoms. The number of fused-ring (bicyclic) bond motifs is 1. The summed E-state index contributed by atoms with van der Waals surface area (Å²) in [4.78, 5) is 10.2. The van der Waals surface area contributed by atoms with Gasteiger partial charge in [0, 0.05) is 30.4 Å². The van der Waals surface area contributed by atoms with Crippen LogP contribution >= 0.6 is 0 Å². The molecule has 29 heavy (non-hydrogen) atoms. The Morgan fingerprint density at radius 1 is 1.24 bits per heavy atom. The molecular formula is C23H29N3O3. The van der Waals surface area contributed by atoms with Crippen molar-refractivity contribution in [1.82, 2.24) is 14.9 Å². The molecule has 6 heteroatoms. The smallest absolute Gasteiger partial charge is 0.137 e. The maximum absolute atomic E-state index is 10.4. The second kappa shape index (κ2) is 8.43. The zero-order chi connectivity index (χ0) is 20.4. The fraction of sp³-hybridized carbons (Fsp3) is 0.435. The third-order valence-corrected chi connectivity index (χ3v) is 5.37. The number of likely N-dealkylation sites (N-methyl/N-ethyl adjacent to an activating group) is 1. The quantitative estimate of drug-likeness (QED) is 0.579. The van der Waals surface area contributed by atoms with E-state index in [9.17, 15) is 5.11 Å². The number of methoxy groups -OCH3 is 1. The Morgan fingerprint density at radius 2 is 1.97 bits per heavy atom. The Morgan fingerprint density at radius 3 is 2.66 bits per heavy atom. The van der Waals surface area contributed by atoms with Gasteiger partial charge in [-0.3, -0.25) is 4.90 Å². The van der Waals surface area contributed by atoms with Crippen molar-refractivity contribution in [2.45, 2.75) is 38.3 Å². The topological polar surface area (TPSA) is 70.6 Å². The van der Waals surface area contributed by atoms with Gasteiger partial charge in [-0.25, -0.2) is 4.98 Å². The van der Waals surface area contributed by atoms with Crippen molar-refractivity contribution in [3.05, 3.63) is 53.3 Å². The summed E-state index contributed by atoms with van der Waals surface area (Å²) in [5.74, 6) is 2.13. The molecule has 1 fully saturated rings. The summed E-state index contributed by atoms with van der Waals surface area (Å²) < 4.78 is 10.9. The zero-order valence-corrected chi connectivity index (χ0v) is 17.3. The van der Waals surface area contributed by atoms with E-state index in [0.717, 1.165) is 29.3 Å². The van der Waals surface area contributed by atoms with Gasteiger partial charge in [0.05, 0.1) is 7.11 Å². The number of aromatic nitrogens is 2. The number of nitrogens with zero attached hydrogens (tertiary/aromatic N) is 2. The van der Waals surface area contributed by atoms with Gasteiger partial charge in [-0.15, -0.1) is 0 Å². The Balaban J connectivity index is 1.38. The van der Waals surface area contributed by atoms with Gasteiger partial charge in [-0.1, -0.05) is 0 Å². The molecule has 154 valence electrons. The Labute approximate surface area is 171 Å². The summed E-state index contributed by atoms with van der Waals surface area (Å²) in [6.07, 6.45) is 3.81. The first-order valence-corrected chi connectivity index (χ1v) is 10.1. The number of ether oxygens (including phenoxy) is 2. The standard InChI is InChI=1S/C23H29N3O3/c1-15-10-20-21(22(16-4-5-16)25-23(20)24-11-15)13-26(2)12-17(27)14-29-19-8-6-18(28-3)7-9-19/h6-11,16-17,27H,4-5,12-14H2,1-3H3,(H,24,25). The summed E-state index contributed by atoms with van der Waals surface area (Å²) in [6, 6.07) is 9.59. The molecule has 1 aromatic carbocycles. The van der Waals surface area contributed by atoms with E-state index in [1.54, 1.807) is 7.11 Å². The Hall–Kier alpha value is -2.57. The number of benzene rings is 1. The summed E-state index contributed by atoms with van der Waals surface area (Å²) in [5.41, 5.74) is 4.75. The van der Waals surface area contributed by atoms with Crippen molar-refractivity contribution in [2.24, 2.45) is 0 Å². The lowest BCUT2D eigenvalue weighted by molar-refractivity contribution is 0.0744. The van der Waals surface area contributed by atoms with E-state index in [4.69, 9.17) is 9.47 Å². The molecule has 0 radical (unpaired) electrons. The highest BCUT2D eigenvalue weighted by Gasteiger charge is 2.29. The van der Waals surface area contributed by atoms with Gasteiger partial charge < -0.3 is 19.6 Å². The minimum Gasteiger partial charge on any atom is -0.497 e. The van der Waals surface area contributed by atoms with E-state index in [1.807, 2.05) is 37.5 Å². The van der Waals surface area contributed by atoms with Gasteiger partial charge in [0.25, 0.3) is 0 Å². The number of hydrogen-bond acceptors (Lipinski definition) is 5. The predicted molar refractivity (Wildman–Crippen MR) is 114 cm³/mol. The van der Waals surface area contributed by atoms with Crippen molar-refractivity contribution in [3.63, 3.8) is 0 Å². The van der Waals surface area contributed by atoms with Crippen molar-refractivity contribution in [1.29, 1.82) is 0 Å². The number of nitrogens with one attached hydrogen (secondary N) is 1. The molecule has 0 bridgehead atoms. The van der Waals surface area contributed by atoms with Crippen molar-refractivity contribution in [2.75, 3.05) is 27.3 Å². The highest BCUT2D eigenvalue weighted by Crippen LogP contribution is 2.43. The van der Waals surface area contributed by atoms with Crippen LogP contribution in [0.4, 0.5) is 0 Å².